The normalized spacial score (nSPS) is 17.5. The molecule has 6 rings (SSSR count). The van der Waals surface area contributed by atoms with Gasteiger partial charge in [0.25, 0.3) is 0 Å². The number of tetrazole rings is 1. The maximum absolute atomic E-state index is 13.9. The van der Waals surface area contributed by atoms with Crippen molar-refractivity contribution in [2.75, 3.05) is 30.3 Å². The number of rotatable bonds is 12. The minimum atomic E-state index is -0.871. The third-order valence-corrected chi connectivity index (χ3v) is 11.3. The second-order valence-corrected chi connectivity index (χ2v) is 18.6. The molecule has 2 heterocycles. The third kappa shape index (κ3) is 13.6. The SMILES string of the molecule is Cc1ccc(-c2ccc(C[C@H](NC(=O)[C@H]3CC[C@H](CNC(=O)OC(C)(C)C)CC3)C(=O)Nc3ccc(-c4nn[nH]n4)cc3)cc2)cc1NC(=O)C1CCN(C(=O)OC(C)(C)C)CC1. The number of alkyl carbamates (subject to hydrolysis) is 1. The van der Waals surface area contributed by atoms with E-state index < -0.39 is 23.3 Å². The van der Waals surface area contributed by atoms with E-state index in [0.717, 1.165) is 40.7 Å². The van der Waals surface area contributed by atoms with Crippen molar-refractivity contribution < 1.29 is 33.4 Å². The summed E-state index contributed by atoms with van der Waals surface area (Å²) in [4.78, 5) is 67.5. The van der Waals surface area contributed by atoms with E-state index in [2.05, 4.69) is 41.9 Å². The summed E-state index contributed by atoms with van der Waals surface area (Å²) in [6.45, 7) is 14.3. The molecule has 2 fully saturated rings. The molecular formula is C47H61N9O7. The van der Waals surface area contributed by atoms with Gasteiger partial charge in [-0.1, -0.05) is 36.4 Å². The molecule has 1 saturated carbocycles. The van der Waals surface area contributed by atoms with Crippen LogP contribution in [-0.4, -0.2) is 92.3 Å². The number of nitrogens with zero attached hydrogens (tertiary/aromatic N) is 4. The Balaban J connectivity index is 1.09. The number of aromatic amines is 1. The fourth-order valence-electron chi connectivity index (χ4n) is 7.78. The Bertz CT molecular complexity index is 2200. The van der Waals surface area contributed by atoms with Gasteiger partial charge in [0.2, 0.25) is 23.5 Å². The molecule has 3 aromatic carbocycles. The fraction of sp³-hybridized carbons (Fsp3) is 0.489. The van der Waals surface area contributed by atoms with Crippen LogP contribution in [0.3, 0.4) is 0 Å². The second kappa shape index (κ2) is 20.2. The molecule has 1 atom stereocenters. The molecule has 5 amide bonds. The largest absolute Gasteiger partial charge is 0.444 e. The van der Waals surface area contributed by atoms with Gasteiger partial charge in [-0.15, -0.1) is 10.2 Å². The summed E-state index contributed by atoms with van der Waals surface area (Å²) in [5.41, 5.74) is 4.44. The molecule has 336 valence electrons. The van der Waals surface area contributed by atoms with Gasteiger partial charge in [0.05, 0.1) is 0 Å². The summed E-state index contributed by atoms with van der Waals surface area (Å²) < 4.78 is 10.9. The summed E-state index contributed by atoms with van der Waals surface area (Å²) in [5.74, 6) is -0.452. The van der Waals surface area contributed by atoms with Crippen molar-refractivity contribution in [2.24, 2.45) is 17.8 Å². The lowest BCUT2D eigenvalue weighted by atomic mass is 9.81. The summed E-state index contributed by atoms with van der Waals surface area (Å²) in [6, 6.07) is 19.9. The Morgan fingerprint density at radius 3 is 1.98 bits per heavy atom. The molecule has 2 aliphatic rings. The van der Waals surface area contributed by atoms with E-state index in [-0.39, 0.29) is 48.0 Å². The molecule has 1 aliphatic heterocycles. The van der Waals surface area contributed by atoms with Crippen LogP contribution in [0.15, 0.2) is 66.7 Å². The van der Waals surface area contributed by atoms with Crippen LogP contribution in [0, 0.1) is 24.7 Å². The summed E-state index contributed by atoms with van der Waals surface area (Å²) in [5, 5.41) is 26.1. The highest BCUT2D eigenvalue weighted by Gasteiger charge is 2.32. The average molecular weight is 864 g/mol. The first-order valence-corrected chi connectivity index (χ1v) is 21.8. The minimum Gasteiger partial charge on any atom is -0.444 e. The van der Waals surface area contributed by atoms with Crippen LogP contribution in [0.4, 0.5) is 21.0 Å². The number of anilines is 2. The molecule has 16 nitrogen and oxygen atoms in total. The van der Waals surface area contributed by atoms with Gasteiger partial charge in [0.15, 0.2) is 0 Å². The molecule has 0 spiro atoms. The highest BCUT2D eigenvalue weighted by molar-refractivity contribution is 5.98. The predicted molar refractivity (Wildman–Crippen MR) is 239 cm³/mol. The number of piperidine rings is 1. The van der Waals surface area contributed by atoms with E-state index in [9.17, 15) is 24.0 Å². The lowest BCUT2D eigenvalue weighted by Crippen LogP contribution is -2.48. The second-order valence-electron chi connectivity index (χ2n) is 18.6. The number of carbonyl (C=O) groups is 5. The Hall–Kier alpha value is -6.32. The van der Waals surface area contributed by atoms with Crippen LogP contribution in [0.2, 0.25) is 0 Å². The first kappa shape index (κ1) is 46.2. The van der Waals surface area contributed by atoms with E-state index in [1.54, 1.807) is 29.2 Å². The molecule has 16 heteroatoms. The van der Waals surface area contributed by atoms with Crippen molar-refractivity contribution in [1.29, 1.82) is 0 Å². The number of aryl methyl sites for hydroxylation is 1. The molecular weight excluding hydrogens is 803 g/mol. The quantitative estimate of drug-likeness (QED) is 0.0952. The zero-order valence-corrected chi connectivity index (χ0v) is 37.4. The molecule has 0 radical (unpaired) electrons. The van der Waals surface area contributed by atoms with E-state index in [0.29, 0.717) is 62.5 Å². The number of hydrogen-bond acceptors (Lipinski definition) is 10. The zero-order chi connectivity index (χ0) is 45.3. The number of aromatic nitrogens is 4. The molecule has 1 saturated heterocycles. The number of nitrogens with one attached hydrogen (secondary N) is 5. The van der Waals surface area contributed by atoms with Gasteiger partial charge in [-0.05, 0) is 151 Å². The predicted octanol–water partition coefficient (Wildman–Crippen LogP) is 7.42. The zero-order valence-electron chi connectivity index (χ0n) is 37.4. The van der Waals surface area contributed by atoms with Crippen molar-refractivity contribution in [1.82, 2.24) is 36.2 Å². The standard InChI is InChI=1S/C47H61N9O7/c1-29-8-13-36(27-38(29)50-42(58)35-22-24-56(25-23-35)45(61)63-47(5,6)7)32-14-9-30(10-15-32)26-39(43(59)49-37-20-18-33(19-21-37)40-52-54-55-53-40)51-41(57)34-16-11-31(12-17-34)28-48-44(60)62-46(2,3)4/h8-10,13-15,18-21,27,31,34-35,39H,11-12,16-17,22-26,28H2,1-7H3,(H,48,60)(H,49,59)(H,50,58)(H,51,57)(H,52,53,54,55)/t31-,34-,39-/m0/s1. The maximum Gasteiger partial charge on any atom is 0.410 e. The van der Waals surface area contributed by atoms with Crippen LogP contribution in [0.5, 0.6) is 0 Å². The Morgan fingerprint density at radius 1 is 0.746 bits per heavy atom. The van der Waals surface area contributed by atoms with E-state index in [1.165, 1.54) is 0 Å². The lowest BCUT2D eigenvalue weighted by molar-refractivity contribution is -0.130. The molecule has 1 aliphatic carbocycles. The Labute approximate surface area is 369 Å². The van der Waals surface area contributed by atoms with Crippen LogP contribution < -0.4 is 21.3 Å². The summed E-state index contributed by atoms with van der Waals surface area (Å²) in [6.07, 6.45) is 3.34. The van der Waals surface area contributed by atoms with Gasteiger partial charge in [-0.25, -0.2) is 9.59 Å². The fourth-order valence-corrected chi connectivity index (χ4v) is 7.78. The van der Waals surface area contributed by atoms with Gasteiger partial charge in [0, 0.05) is 54.8 Å². The van der Waals surface area contributed by atoms with Gasteiger partial charge in [-0.3, -0.25) is 14.4 Å². The van der Waals surface area contributed by atoms with Crippen molar-refractivity contribution in [3.63, 3.8) is 0 Å². The van der Waals surface area contributed by atoms with E-state index in [4.69, 9.17) is 9.47 Å². The van der Waals surface area contributed by atoms with E-state index in [1.807, 2.05) is 90.9 Å². The van der Waals surface area contributed by atoms with Crippen molar-refractivity contribution in [2.45, 2.75) is 111 Å². The minimum absolute atomic E-state index is 0.0769. The smallest absolute Gasteiger partial charge is 0.410 e. The Kier molecular flexibility index (Phi) is 14.8. The van der Waals surface area contributed by atoms with Gasteiger partial charge < -0.3 is 35.6 Å². The van der Waals surface area contributed by atoms with Crippen molar-refractivity contribution >= 4 is 41.3 Å². The number of amides is 5. The number of carbonyl (C=O) groups excluding carboxylic acids is 5. The summed E-state index contributed by atoms with van der Waals surface area (Å²) in [7, 11) is 0. The molecule has 4 aromatic rings. The van der Waals surface area contributed by atoms with Gasteiger partial charge in [0.1, 0.15) is 17.2 Å². The number of hydrogen-bond donors (Lipinski definition) is 5. The first-order chi connectivity index (χ1) is 29.9. The van der Waals surface area contributed by atoms with Crippen molar-refractivity contribution in [3.8, 4) is 22.5 Å². The van der Waals surface area contributed by atoms with E-state index >= 15 is 0 Å². The number of ether oxygens (including phenoxy) is 2. The van der Waals surface area contributed by atoms with Gasteiger partial charge >= 0.3 is 12.2 Å². The first-order valence-electron chi connectivity index (χ1n) is 21.8. The number of likely N-dealkylation sites (tertiary alicyclic amines) is 1. The highest BCUT2D eigenvalue weighted by atomic mass is 16.6. The number of H-pyrrole nitrogens is 1. The van der Waals surface area contributed by atoms with Crippen molar-refractivity contribution in [3.05, 3.63) is 77.9 Å². The molecule has 1 aromatic heterocycles. The molecule has 5 N–H and O–H groups in total. The van der Waals surface area contributed by atoms with Crippen LogP contribution >= 0.6 is 0 Å². The van der Waals surface area contributed by atoms with Crippen LogP contribution in [0.25, 0.3) is 22.5 Å². The molecule has 0 unspecified atom stereocenters. The highest BCUT2D eigenvalue weighted by Crippen LogP contribution is 2.30. The lowest BCUT2D eigenvalue weighted by Gasteiger charge is -2.33. The molecule has 0 bridgehead atoms. The maximum atomic E-state index is 13.9. The Morgan fingerprint density at radius 2 is 1.37 bits per heavy atom. The third-order valence-electron chi connectivity index (χ3n) is 11.3. The average Bonchev–Trinajstić information content (AvgIpc) is 3.78. The summed E-state index contributed by atoms with van der Waals surface area (Å²) >= 11 is 0. The van der Waals surface area contributed by atoms with Gasteiger partial charge in [-0.2, -0.15) is 5.21 Å². The van der Waals surface area contributed by atoms with Crippen LogP contribution in [0.1, 0.15) is 91.2 Å². The molecule has 63 heavy (non-hydrogen) atoms. The monoisotopic (exact) mass is 863 g/mol. The van der Waals surface area contributed by atoms with Crippen LogP contribution in [-0.2, 0) is 30.3 Å². The topological polar surface area (TPSA) is 210 Å². The number of benzene rings is 3.